The Morgan fingerprint density at radius 3 is 2.86 bits per heavy atom. The number of carbonyl (C=O) groups is 1. The monoisotopic (exact) mass is 293 g/mol. The zero-order chi connectivity index (χ0) is 15.2. The molecule has 21 heavy (non-hydrogen) atoms. The first kappa shape index (κ1) is 15.2. The van der Waals surface area contributed by atoms with E-state index in [-0.39, 0.29) is 11.3 Å². The van der Waals surface area contributed by atoms with Crippen molar-refractivity contribution in [3.8, 4) is 0 Å². The molecule has 0 spiro atoms. The summed E-state index contributed by atoms with van der Waals surface area (Å²) < 4.78 is 5.41. The number of benzene rings is 1. The molecule has 0 saturated heterocycles. The molecule has 1 amide bonds. The van der Waals surface area contributed by atoms with Gasteiger partial charge in [-0.1, -0.05) is 6.07 Å². The van der Waals surface area contributed by atoms with Crippen LogP contribution in [0.1, 0.15) is 23.2 Å². The van der Waals surface area contributed by atoms with Gasteiger partial charge in [0.1, 0.15) is 11.3 Å². The Kier molecular flexibility index (Phi) is 5.10. The number of anilines is 1. The van der Waals surface area contributed by atoms with Crippen molar-refractivity contribution in [1.29, 1.82) is 0 Å². The van der Waals surface area contributed by atoms with Crippen LogP contribution in [-0.4, -0.2) is 37.6 Å². The maximum atomic E-state index is 12.0. The van der Waals surface area contributed by atoms with Crippen molar-refractivity contribution in [1.82, 2.24) is 5.32 Å². The highest BCUT2D eigenvalue weighted by molar-refractivity contribution is 6.00. The number of nitrogens with zero attached hydrogens (tertiary/aromatic N) is 1. The molecule has 2 N–H and O–H groups in total. The lowest BCUT2D eigenvalue weighted by Gasteiger charge is -2.09. The molecule has 0 atom stereocenters. The predicted molar refractivity (Wildman–Crippen MR) is 78.5 cm³/mol. The van der Waals surface area contributed by atoms with Gasteiger partial charge in [0.15, 0.2) is 0 Å². The Labute approximate surface area is 122 Å². The number of rotatable bonds is 8. The summed E-state index contributed by atoms with van der Waals surface area (Å²) in [6.07, 6.45) is 2.44. The van der Waals surface area contributed by atoms with Crippen molar-refractivity contribution in [3.63, 3.8) is 0 Å². The van der Waals surface area contributed by atoms with Gasteiger partial charge in [0.2, 0.25) is 0 Å². The lowest BCUT2D eigenvalue weighted by molar-refractivity contribution is -0.384. The van der Waals surface area contributed by atoms with Gasteiger partial charge in [0, 0.05) is 20.2 Å². The molecule has 1 saturated carbocycles. The van der Waals surface area contributed by atoms with Gasteiger partial charge in [-0.2, -0.15) is 0 Å². The van der Waals surface area contributed by atoms with Crippen molar-refractivity contribution in [3.05, 3.63) is 33.9 Å². The molecule has 1 aliphatic rings. The van der Waals surface area contributed by atoms with E-state index in [0.29, 0.717) is 24.8 Å². The maximum absolute atomic E-state index is 12.0. The van der Waals surface area contributed by atoms with E-state index in [9.17, 15) is 14.9 Å². The second-order valence-electron chi connectivity index (χ2n) is 4.98. The summed E-state index contributed by atoms with van der Waals surface area (Å²) in [7, 11) is 1.58. The number of nitro groups is 1. The molecule has 1 aliphatic carbocycles. The summed E-state index contributed by atoms with van der Waals surface area (Å²) in [6, 6.07) is 4.62. The van der Waals surface area contributed by atoms with E-state index in [4.69, 9.17) is 4.74 Å². The average Bonchev–Trinajstić information content (AvgIpc) is 3.29. The zero-order valence-corrected chi connectivity index (χ0v) is 11.9. The van der Waals surface area contributed by atoms with Crippen LogP contribution >= 0.6 is 0 Å². The minimum absolute atomic E-state index is 0.0500. The van der Waals surface area contributed by atoms with Crippen LogP contribution in [0.15, 0.2) is 18.2 Å². The summed E-state index contributed by atoms with van der Waals surface area (Å²) in [4.78, 5) is 22.6. The molecular formula is C14H19N3O4. The summed E-state index contributed by atoms with van der Waals surface area (Å²) in [5, 5.41) is 16.5. The second kappa shape index (κ2) is 7.03. The molecule has 7 nitrogen and oxygen atoms in total. The topological polar surface area (TPSA) is 93.5 Å². The lowest BCUT2D eigenvalue weighted by atomic mass is 10.1. The Hall–Kier alpha value is -2.15. The number of amides is 1. The second-order valence-corrected chi connectivity index (χ2v) is 4.98. The molecule has 1 aromatic rings. The zero-order valence-electron chi connectivity index (χ0n) is 11.9. The lowest BCUT2D eigenvalue weighted by Crippen LogP contribution is -2.28. The third-order valence-electron chi connectivity index (χ3n) is 3.31. The van der Waals surface area contributed by atoms with Crippen LogP contribution in [0.25, 0.3) is 0 Å². The third kappa shape index (κ3) is 4.16. The van der Waals surface area contributed by atoms with Gasteiger partial charge in [0.25, 0.3) is 5.91 Å². The van der Waals surface area contributed by atoms with E-state index < -0.39 is 10.8 Å². The number of hydrogen-bond donors (Lipinski definition) is 2. The first-order valence-corrected chi connectivity index (χ1v) is 6.94. The summed E-state index contributed by atoms with van der Waals surface area (Å²) in [6.45, 7) is 1.49. The highest BCUT2D eigenvalue weighted by Crippen LogP contribution is 2.29. The van der Waals surface area contributed by atoms with E-state index in [1.165, 1.54) is 18.9 Å². The number of para-hydroxylation sites is 1. The van der Waals surface area contributed by atoms with Crippen LogP contribution < -0.4 is 10.6 Å². The Balaban J connectivity index is 1.92. The van der Waals surface area contributed by atoms with Crippen molar-refractivity contribution in [2.24, 2.45) is 5.92 Å². The van der Waals surface area contributed by atoms with Crippen LogP contribution in [-0.2, 0) is 4.74 Å². The quantitative estimate of drug-likeness (QED) is 0.433. The average molecular weight is 293 g/mol. The highest BCUT2D eigenvalue weighted by atomic mass is 16.6. The fraction of sp³-hybridized carbons (Fsp3) is 0.500. The van der Waals surface area contributed by atoms with E-state index in [2.05, 4.69) is 10.6 Å². The van der Waals surface area contributed by atoms with Crippen molar-refractivity contribution in [2.75, 3.05) is 32.1 Å². The molecule has 0 aliphatic heterocycles. The normalized spacial score (nSPS) is 13.8. The van der Waals surface area contributed by atoms with Crippen LogP contribution in [0.2, 0.25) is 0 Å². The third-order valence-corrected chi connectivity index (χ3v) is 3.31. The summed E-state index contributed by atoms with van der Waals surface area (Å²) in [5.41, 5.74) is 0.156. The van der Waals surface area contributed by atoms with Crippen molar-refractivity contribution < 1.29 is 14.5 Å². The fourth-order valence-electron chi connectivity index (χ4n) is 1.99. The number of hydrogen-bond acceptors (Lipinski definition) is 5. The molecule has 0 unspecified atom stereocenters. The van der Waals surface area contributed by atoms with Gasteiger partial charge >= 0.3 is 5.69 Å². The van der Waals surface area contributed by atoms with Gasteiger partial charge in [-0.3, -0.25) is 14.9 Å². The van der Waals surface area contributed by atoms with Crippen LogP contribution in [0, 0.1) is 16.0 Å². The van der Waals surface area contributed by atoms with E-state index in [1.807, 2.05) is 0 Å². The van der Waals surface area contributed by atoms with Crippen LogP contribution in [0.4, 0.5) is 11.4 Å². The minimum Gasteiger partial charge on any atom is -0.383 e. The number of nitro benzene ring substituents is 1. The summed E-state index contributed by atoms with van der Waals surface area (Å²) >= 11 is 0. The molecule has 2 rings (SSSR count). The Morgan fingerprint density at radius 1 is 1.48 bits per heavy atom. The van der Waals surface area contributed by atoms with E-state index in [1.54, 1.807) is 19.2 Å². The molecule has 0 aromatic heterocycles. The van der Waals surface area contributed by atoms with Crippen LogP contribution in [0.5, 0.6) is 0 Å². The maximum Gasteiger partial charge on any atom is 0.305 e. The number of carbonyl (C=O) groups excluding carboxylic acids is 1. The molecule has 0 radical (unpaired) electrons. The van der Waals surface area contributed by atoms with Gasteiger partial charge in [-0.05, 0) is 30.9 Å². The smallest absolute Gasteiger partial charge is 0.305 e. The highest BCUT2D eigenvalue weighted by Gasteiger charge is 2.24. The standard InChI is InChI=1S/C14H19N3O4/c1-15-12-4-2-3-11(13(12)17(19)20)14(18)16-7-8-21-9-10-5-6-10/h2-4,10,15H,5-9H2,1H3,(H,16,18). The molecule has 1 aromatic carbocycles. The van der Waals surface area contributed by atoms with Crippen molar-refractivity contribution in [2.45, 2.75) is 12.8 Å². The molecule has 1 fully saturated rings. The first-order chi connectivity index (χ1) is 10.1. The number of ether oxygens (including phenoxy) is 1. The molecule has 7 heteroatoms. The van der Waals surface area contributed by atoms with E-state index in [0.717, 1.165) is 6.61 Å². The van der Waals surface area contributed by atoms with Gasteiger partial charge < -0.3 is 15.4 Å². The largest absolute Gasteiger partial charge is 0.383 e. The predicted octanol–water partition coefficient (Wildman–Crippen LogP) is 1.79. The Bertz CT molecular complexity index is 529. The molecule has 0 bridgehead atoms. The SMILES string of the molecule is CNc1cccc(C(=O)NCCOCC2CC2)c1[N+](=O)[O-]. The van der Waals surface area contributed by atoms with Gasteiger partial charge in [-0.25, -0.2) is 0 Å². The summed E-state index contributed by atoms with van der Waals surface area (Å²) in [5.74, 6) is 0.211. The number of nitrogens with one attached hydrogen (secondary N) is 2. The molecule has 0 heterocycles. The van der Waals surface area contributed by atoms with Crippen molar-refractivity contribution >= 4 is 17.3 Å². The fourth-order valence-corrected chi connectivity index (χ4v) is 1.99. The minimum atomic E-state index is -0.551. The van der Waals surface area contributed by atoms with Gasteiger partial charge in [0.05, 0.1) is 11.5 Å². The Morgan fingerprint density at radius 2 is 2.24 bits per heavy atom. The van der Waals surface area contributed by atoms with Gasteiger partial charge in [-0.15, -0.1) is 0 Å². The molecular weight excluding hydrogens is 274 g/mol. The molecule has 114 valence electrons. The first-order valence-electron chi connectivity index (χ1n) is 6.94. The van der Waals surface area contributed by atoms with E-state index >= 15 is 0 Å². The van der Waals surface area contributed by atoms with Crippen LogP contribution in [0.3, 0.4) is 0 Å².